The summed E-state index contributed by atoms with van der Waals surface area (Å²) in [5, 5.41) is 1.35. The summed E-state index contributed by atoms with van der Waals surface area (Å²) in [5.74, 6) is 0.593. The standard InChI is InChI=1S/C17H13BrClN3O/c18-13-5-6-14(19)12-9-22(8-7-10(12)13)17-20-15-4-2-1-3-11(15)16(23)21-17/h1-6H,7-9H2,(H,20,21,23). The maximum atomic E-state index is 12.3. The molecule has 3 aromatic rings. The van der Waals surface area contributed by atoms with Crippen LogP contribution in [0.1, 0.15) is 11.1 Å². The fourth-order valence-corrected chi connectivity index (χ4v) is 3.80. The predicted octanol–water partition coefficient (Wildman–Crippen LogP) is 3.90. The molecule has 0 aliphatic carbocycles. The van der Waals surface area contributed by atoms with E-state index in [0.29, 0.717) is 23.4 Å². The van der Waals surface area contributed by atoms with E-state index in [1.165, 1.54) is 5.56 Å². The van der Waals surface area contributed by atoms with Crippen molar-refractivity contribution in [2.45, 2.75) is 13.0 Å². The van der Waals surface area contributed by atoms with Crippen molar-refractivity contribution in [2.24, 2.45) is 0 Å². The molecule has 1 aliphatic heterocycles. The highest BCUT2D eigenvalue weighted by atomic mass is 79.9. The first kappa shape index (κ1) is 14.7. The summed E-state index contributed by atoms with van der Waals surface area (Å²) in [6.07, 6.45) is 0.854. The lowest BCUT2D eigenvalue weighted by atomic mass is 10.00. The van der Waals surface area contributed by atoms with Crippen LogP contribution in [0.2, 0.25) is 5.02 Å². The molecule has 0 spiro atoms. The summed E-state index contributed by atoms with van der Waals surface area (Å²) in [6, 6.07) is 11.2. The van der Waals surface area contributed by atoms with Gasteiger partial charge in [-0.05, 0) is 41.8 Å². The lowest BCUT2D eigenvalue weighted by Gasteiger charge is -2.30. The molecular weight excluding hydrogens is 378 g/mol. The molecule has 1 aromatic heterocycles. The minimum atomic E-state index is -0.114. The fraction of sp³-hybridized carbons (Fsp3) is 0.176. The van der Waals surface area contributed by atoms with Crippen molar-refractivity contribution in [3.63, 3.8) is 0 Å². The highest BCUT2D eigenvalue weighted by molar-refractivity contribution is 9.10. The van der Waals surface area contributed by atoms with Crippen LogP contribution in [-0.2, 0) is 13.0 Å². The van der Waals surface area contributed by atoms with E-state index in [2.05, 4.69) is 30.8 Å². The fourth-order valence-electron chi connectivity index (χ4n) is 3.00. The Kier molecular flexibility index (Phi) is 3.62. The number of aromatic nitrogens is 2. The molecule has 0 saturated heterocycles. The minimum Gasteiger partial charge on any atom is -0.338 e. The van der Waals surface area contributed by atoms with Gasteiger partial charge in [-0.2, -0.15) is 0 Å². The van der Waals surface area contributed by atoms with Crippen molar-refractivity contribution in [1.82, 2.24) is 9.97 Å². The first-order chi connectivity index (χ1) is 11.1. The van der Waals surface area contributed by atoms with E-state index in [1.54, 1.807) is 6.07 Å². The molecule has 23 heavy (non-hydrogen) atoms. The van der Waals surface area contributed by atoms with Crippen LogP contribution in [0, 0.1) is 0 Å². The van der Waals surface area contributed by atoms with Crippen molar-refractivity contribution in [3.05, 3.63) is 67.4 Å². The summed E-state index contributed by atoms with van der Waals surface area (Å²) in [7, 11) is 0. The molecule has 2 heterocycles. The van der Waals surface area contributed by atoms with E-state index in [4.69, 9.17) is 11.6 Å². The SMILES string of the molecule is O=c1[nH]c(N2CCc3c(Br)ccc(Cl)c3C2)nc2ccccc12. The van der Waals surface area contributed by atoms with Gasteiger partial charge in [0.05, 0.1) is 10.9 Å². The van der Waals surface area contributed by atoms with Gasteiger partial charge in [0.25, 0.3) is 5.56 Å². The number of benzene rings is 2. The van der Waals surface area contributed by atoms with Gasteiger partial charge in [-0.1, -0.05) is 39.7 Å². The molecule has 1 aliphatic rings. The molecule has 1 N–H and O–H groups in total. The van der Waals surface area contributed by atoms with Crippen LogP contribution in [0.5, 0.6) is 0 Å². The van der Waals surface area contributed by atoms with Gasteiger partial charge in [-0.3, -0.25) is 9.78 Å². The number of nitrogens with one attached hydrogen (secondary N) is 1. The van der Waals surface area contributed by atoms with Gasteiger partial charge in [0.15, 0.2) is 0 Å². The number of aromatic amines is 1. The Labute approximate surface area is 146 Å². The third-order valence-corrected chi connectivity index (χ3v) is 5.29. The Balaban J connectivity index is 1.78. The van der Waals surface area contributed by atoms with E-state index in [1.807, 2.05) is 30.3 Å². The minimum absolute atomic E-state index is 0.114. The van der Waals surface area contributed by atoms with E-state index < -0.39 is 0 Å². The number of hydrogen-bond acceptors (Lipinski definition) is 3. The number of rotatable bonds is 1. The summed E-state index contributed by atoms with van der Waals surface area (Å²) >= 11 is 9.94. The quantitative estimate of drug-likeness (QED) is 0.685. The molecule has 116 valence electrons. The molecule has 4 nitrogen and oxygen atoms in total. The number of halogens is 2. The Bertz CT molecular complexity index is 970. The highest BCUT2D eigenvalue weighted by Gasteiger charge is 2.22. The van der Waals surface area contributed by atoms with Crippen LogP contribution in [0.3, 0.4) is 0 Å². The second kappa shape index (κ2) is 5.65. The molecule has 6 heteroatoms. The molecule has 0 fully saturated rings. The molecule has 0 unspecified atom stereocenters. The Morgan fingerprint density at radius 3 is 2.87 bits per heavy atom. The van der Waals surface area contributed by atoms with Crippen molar-refractivity contribution in [1.29, 1.82) is 0 Å². The van der Waals surface area contributed by atoms with Gasteiger partial charge >= 0.3 is 0 Å². The van der Waals surface area contributed by atoms with Crippen molar-refractivity contribution >= 4 is 44.4 Å². The number of H-pyrrole nitrogens is 1. The summed E-state index contributed by atoms with van der Waals surface area (Å²) < 4.78 is 1.08. The van der Waals surface area contributed by atoms with Gasteiger partial charge < -0.3 is 4.90 Å². The lowest BCUT2D eigenvalue weighted by Crippen LogP contribution is -2.33. The summed E-state index contributed by atoms with van der Waals surface area (Å²) in [6.45, 7) is 1.42. The zero-order valence-corrected chi connectivity index (χ0v) is 14.5. The largest absolute Gasteiger partial charge is 0.338 e. The summed E-state index contributed by atoms with van der Waals surface area (Å²) in [4.78, 5) is 21.8. The van der Waals surface area contributed by atoms with Gasteiger partial charge in [0.1, 0.15) is 0 Å². The molecule has 4 rings (SSSR count). The number of fused-ring (bicyclic) bond motifs is 2. The zero-order chi connectivity index (χ0) is 16.0. The topological polar surface area (TPSA) is 49.0 Å². The smallest absolute Gasteiger partial charge is 0.260 e. The molecule has 0 atom stereocenters. The van der Waals surface area contributed by atoms with Crippen LogP contribution >= 0.6 is 27.5 Å². The van der Waals surface area contributed by atoms with Crippen LogP contribution in [0.15, 0.2) is 45.7 Å². The number of anilines is 1. The van der Waals surface area contributed by atoms with Crippen LogP contribution in [0.4, 0.5) is 5.95 Å². The monoisotopic (exact) mass is 389 g/mol. The first-order valence-electron chi connectivity index (χ1n) is 7.33. The molecule has 0 bridgehead atoms. The maximum Gasteiger partial charge on any atom is 0.260 e. The zero-order valence-electron chi connectivity index (χ0n) is 12.1. The van der Waals surface area contributed by atoms with Crippen LogP contribution in [0.25, 0.3) is 10.9 Å². The molecule has 0 saturated carbocycles. The molecule has 0 amide bonds. The maximum absolute atomic E-state index is 12.3. The third-order valence-electron chi connectivity index (χ3n) is 4.20. The average molecular weight is 391 g/mol. The molecule has 0 radical (unpaired) electrons. The van der Waals surface area contributed by atoms with Crippen molar-refractivity contribution in [3.8, 4) is 0 Å². The Hall–Kier alpha value is -1.85. The Morgan fingerprint density at radius 2 is 2.00 bits per heavy atom. The number of hydrogen-bond donors (Lipinski definition) is 1. The van der Waals surface area contributed by atoms with Crippen LogP contribution in [-0.4, -0.2) is 16.5 Å². The van der Waals surface area contributed by atoms with Crippen molar-refractivity contribution < 1.29 is 0 Å². The first-order valence-corrected chi connectivity index (χ1v) is 8.50. The second-order valence-electron chi connectivity index (χ2n) is 5.56. The Morgan fingerprint density at radius 1 is 1.17 bits per heavy atom. The van der Waals surface area contributed by atoms with E-state index >= 15 is 0 Å². The second-order valence-corrected chi connectivity index (χ2v) is 6.83. The molecule has 2 aromatic carbocycles. The predicted molar refractivity (Wildman–Crippen MR) is 96.3 cm³/mol. The van der Waals surface area contributed by atoms with E-state index in [9.17, 15) is 4.79 Å². The highest BCUT2D eigenvalue weighted by Crippen LogP contribution is 2.32. The normalized spacial score (nSPS) is 14.1. The van der Waals surface area contributed by atoms with Crippen molar-refractivity contribution in [2.75, 3.05) is 11.4 Å². The van der Waals surface area contributed by atoms with Crippen LogP contribution < -0.4 is 10.5 Å². The van der Waals surface area contributed by atoms with Gasteiger partial charge in [0, 0.05) is 22.6 Å². The number of nitrogens with zero attached hydrogens (tertiary/aromatic N) is 2. The average Bonchev–Trinajstić information content (AvgIpc) is 2.58. The van der Waals surface area contributed by atoms with E-state index in [-0.39, 0.29) is 5.56 Å². The summed E-state index contributed by atoms with van der Waals surface area (Å²) in [5.41, 5.74) is 2.91. The third kappa shape index (κ3) is 2.54. The lowest BCUT2D eigenvalue weighted by molar-refractivity contribution is 0.706. The van der Waals surface area contributed by atoms with Gasteiger partial charge in [-0.15, -0.1) is 0 Å². The van der Waals surface area contributed by atoms with Gasteiger partial charge in [0.2, 0.25) is 5.95 Å². The molecular formula is C17H13BrClN3O. The number of para-hydroxylation sites is 1. The van der Waals surface area contributed by atoms with Gasteiger partial charge in [-0.25, -0.2) is 4.98 Å². The van der Waals surface area contributed by atoms with E-state index in [0.717, 1.165) is 28.0 Å².